The van der Waals surface area contributed by atoms with Gasteiger partial charge < -0.3 is 10.6 Å². The second kappa shape index (κ2) is 6.48. The van der Waals surface area contributed by atoms with Gasteiger partial charge in [0, 0.05) is 17.2 Å². The van der Waals surface area contributed by atoms with Crippen LogP contribution in [-0.4, -0.2) is 24.0 Å². The van der Waals surface area contributed by atoms with E-state index in [9.17, 15) is 4.79 Å². The van der Waals surface area contributed by atoms with Gasteiger partial charge in [0.15, 0.2) is 0 Å². The van der Waals surface area contributed by atoms with Crippen molar-refractivity contribution in [2.45, 2.75) is 19.8 Å². The van der Waals surface area contributed by atoms with Gasteiger partial charge in [-0.2, -0.15) is 0 Å². The standard InChI is InChI=1S/C11H16BrN3O/c1-2-3-6-15(8-10(13)16)11-5-4-9(12)7-14-11/h4-5,7H,2-3,6,8H2,1H3,(H2,13,16). The van der Waals surface area contributed by atoms with Gasteiger partial charge in [0.2, 0.25) is 5.91 Å². The molecular formula is C11H16BrN3O. The molecule has 0 aromatic carbocycles. The number of hydrogen-bond acceptors (Lipinski definition) is 3. The lowest BCUT2D eigenvalue weighted by atomic mass is 10.3. The van der Waals surface area contributed by atoms with E-state index in [4.69, 9.17) is 5.73 Å². The molecule has 0 fully saturated rings. The lowest BCUT2D eigenvalue weighted by Gasteiger charge is -2.21. The molecular weight excluding hydrogens is 270 g/mol. The van der Waals surface area contributed by atoms with E-state index in [1.165, 1.54) is 0 Å². The molecule has 88 valence electrons. The van der Waals surface area contributed by atoms with E-state index in [0.717, 1.165) is 29.7 Å². The average molecular weight is 286 g/mol. The molecule has 4 nitrogen and oxygen atoms in total. The van der Waals surface area contributed by atoms with Crippen LogP contribution < -0.4 is 10.6 Å². The number of anilines is 1. The Bertz CT molecular complexity index is 340. The maximum atomic E-state index is 11.0. The second-order valence-corrected chi connectivity index (χ2v) is 4.49. The van der Waals surface area contributed by atoms with Crippen LogP contribution in [0.2, 0.25) is 0 Å². The highest BCUT2D eigenvalue weighted by Crippen LogP contribution is 2.15. The molecule has 0 aliphatic heterocycles. The van der Waals surface area contributed by atoms with Crippen LogP contribution in [-0.2, 0) is 4.79 Å². The van der Waals surface area contributed by atoms with Gasteiger partial charge >= 0.3 is 0 Å². The number of halogens is 1. The highest BCUT2D eigenvalue weighted by atomic mass is 79.9. The Labute approximate surface area is 104 Å². The topological polar surface area (TPSA) is 59.2 Å². The maximum Gasteiger partial charge on any atom is 0.236 e. The molecule has 1 aromatic rings. The zero-order valence-electron chi connectivity index (χ0n) is 9.32. The lowest BCUT2D eigenvalue weighted by Crippen LogP contribution is -2.35. The number of pyridine rings is 1. The van der Waals surface area contributed by atoms with E-state index < -0.39 is 0 Å². The minimum absolute atomic E-state index is 0.217. The minimum atomic E-state index is -0.333. The Morgan fingerprint density at radius 1 is 1.56 bits per heavy atom. The van der Waals surface area contributed by atoms with Gasteiger partial charge in [-0.1, -0.05) is 13.3 Å². The Morgan fingerprint density at radius 2 is 2.31 bits per heavy atom. The average Bonchev–Trinajstić information content (AvgIpc) is 2.25. The van der Waals surface area contributed by atoms with Crippen molar-refractivity contribution < 1.29 is 4.79 Å². The number of primary amides is 1. The van der Waals surface area contributed by atoms with Crippen LogP contribution in [0.4, 0.5) is 5.82 Å². The molecule has 0 radical (unpaired) electrons. The fourth-order valence-electron chi connectivity index (χ4n) is 1.37. The van der Waals surface area contributed by atoms with Gasteiger partial charge in [0.1, 0.15) is 5.82 Å². The van der Waals surface area contributed by atoms with Gasteiger partial charge in [-0.05, 0) is 34.5 Å². The first kappa shape index (κ1) is 13.0. The van der Waals surface area contributed by atoms with E-state index in [1.807, 2.05) is 17.0 Å². The number of nitrogens with zero attached hydrogens (tertiary/aromatic N) is 2. The first-order valence-corrected chi connectivity index (χ1v) is 6.07. The third-order valence-electron chi connectivity index (χ3n) is 2.16. The number of hydrogen-bond donors (Lipinski definition) is 1. The zero-order valence-corrected chi connectivity index (χ0v) is 10.9. The molecule has 0 spiro atoms. The number of unbranched alkanes of at least 4 members (excludes halogenated alkanes) is 1. The van der Waals surface area contributed by atoms with Crippen molar-refractivity contribution >= 4 is 27.7 Å². The SMILES string of the molecule is CCCCN(CC(N)=O)c1ccc(Br)cn1. The summed E-state index contributed by atoms with van der Waals surface area (Å²) in [5.74, 6) is 0.455. The molecule has 1 aromatic heterocycles. The van der Waals surface area contributed by atoms with Gasteiger partial charge in [0.05, 0.1) is 6.54 Å². The summed E-state index contributed by atoms with van der Waals surface area (Å²) in [4.78, 5) is 17.1. The number of carbonyl (C=O) groups excluding carboxylic acids is 1. The van der Waals surface area contributed by atoms with Gasteiger partial charge in [0.25, 0.3) is 0 Å². The zero-order chi connectivity index (χ0) is 12.0. The Balaban J connectivity index is 2.74. The summed E-state index contributed by atoms with van der Waals surface area (Å²) in [7, 11) is 0. The summed E-state index contributed by atoms with van der Waals surface area (Å²) in [5.41, 5.74) is 5.21. The monoisotopic (exact) mass is 285 g/mol. The summed E-state index contributed by atoms with van der Waals surface area (Å²) in [6.45, 7) is 3.13. The van der Waals surface area contributed by atoms with E-state index in [-0.39, 0.29) is 12.5 Å². The molecule has 0 unspecified atom stereocenters. The van der Waals surface area contributed by atoms with Crippen LogP contribution in [0, 0.1) is 0 Å². The Hall–Kier alpha value is -1.10. The van der Waals surface area contributed by atoms with Gasteiger partial charge in [-0.25, -0.2) is 4.98 Å². The normalized spacial score (nSPS) is 10.1. The highest BCUT2D eigenvalue weighted by molar-refractivity contribution is 9.10. The first-order chi connectivity index (χ1) is 7.63. The predicted molar refractivity (Wildman–Crippen MR) is 68.3 cm³/mol. The third-order valence-corrected chi connectivity index (χ3v) is 2.63. The van der Waals surface area contributed by atoms with Crippen LogP contribution in [0.3, 0.4) is 0 Å². The molecule has 1 rings (SSSR count). The summed E-state index contributed by atoms with van der Waals surface area (Å²) in [6, 6.07) is 3.78. The first-order valence-electron chi connectivity index (χ1n) is 5.28. The van der Waals surface area contributed by atoms with E-state index >= 15 is 0 Å². The molecule has 0 aliphatic carbocycles. The molecule has 0 aliphatic rings. The lowest BCUT2D eigenvalue weighted by molar-refractivity contribution is -0.116. The summed E-state index contributed by atoms with van der Waals surface area (Å²) >= 11 is 3.33. The molecule has 0 saturated heterocycles. The molecule has 2 N–H and O–H groups in total. The smallest absolute Gasteiger partial charge is 0.236 e. The molecule has 1 amide bonds. The van der Waals surface area contributed by atoms with E-state index in [2.05, 4.69) is 27.8 Å². The van der Waals surface area contributed by atoms with Crippen molar-refractivity contribution in [2.24, 2.45) is 5.73 Å². The predicted octanol–water partition coefficient (Wildman–Crippen LogP) is 1.94. The number of nitrogens with two attached hydrogens (primary N) is 1. The van der Waals surface area contributed by atoms with Crippen LogP contribution in [0.1, 0.15) is 19.8 Å². The van der Waals surface area contributed by atoms with Crippen LogP contribution in [0.5, 0.6) is 0 Å². The summed E-state index contributed by atoms with van der Waals surface area (Å²) in [5, 5.41) is 0. The maximum absolute atomic E-state index is 11.0. The minimum Gasteiger partial charge on any atom is -0.368 e. The van der Waals surface area contributed by atoms with Crippen molar-refractivity contribution in [2.75, 3.05) is 18.0 Å². The van der Waals surface area contributed by atoms with Gasteiger partial charge in [-0.3, -0.25) is 4.79 Å². The number of carbonyl (C=O) groups is 1. The quantitative estimate of drug-likeness (QED) is 0.869. The molecule has 0 bridgehead atoms. The van der Waals surface area contributed by atoms with Crippen molar-refractivity contribution in [3.05, 3.63) is 22.8 Å². The molecule has 5 heteroatoms. The summed E-state index contributed by atoms with van der Waals surface area (Å²) < 4.78 is 0.922. The van der Waals surface area contributed by atoms with E-state index in [1.54, 1.807) is 6.20 Å². The van der Waals surface area contributed by atoms with Crippen LogP contribution in [0.25, 0.3) is 0 Å². The van der Waals surface area contributed by atoms with Crippen molar-refractivity contribution in [3.8, 4) is 0 Å². The Morgan fingerprint density at radius 3 is 2.81 bits per heavy atom. The largest absolute Gasteiger partial charge is 0.368 e. The molecule has 0 saturated carbocycles. The number of aromatic nitrogens is 1. The second-order valence-electron chi connectivity index (χ2n) is 3.58. The van der Waals surface area contributed by atoms with Crippen LogP contribution >= 0.6 is 15.9 Å². The van der Waals surface area contributed by atoms with Gasteiger partial charge in [-0.15, -0.1) is 0 Å². The van der Waals surface area contributed by atoms with Crippen LogP contribution in [0.15, 0.2) is 22.8 Å². The van der Waals surface area contributed by atoms with E-state index in [0.29, 0.717) is 0 Å². The Kier molecular flexibility index (Phi) is 5.25. The number of rotatable bonds is 6. The molecule has 0 atom stereocenters. The molecule has 1 heterocycles. The molecule has 16 heavy (non-hydrogen) atoms. The third kappa shape index (κ3) is 4.18. The summed E-state index contributed by atoms with van der Waals surface area (Å²) in [6.07, 6.45) is 3.81. The fourth-order valence-corrected chi connectivity index (χ4v) is 1.60. The van der Waals surface area contributed by atoms with Crippen molar-refractivity contribution in [1.29, 1.82) is 0 Å². The number of amides is 1. The van der Waals surface area contributed by atoms with Crippen molar-refractivity contribution in [1.82, 2.24) is 4.98 Å². The van der Waals surface area contributed by atoms with Crippen molar-refractivity contribution in [3.63, 3.8) is 0 Å². The fraction of sp³-hybridized carbons (Fsp3) is 0.455. The highest BCUT2D eigenvalue weighted by Gasteiger charge is 2.09.